The van der Waals surface area contributed by atoms with Gasteiger partial charge in [-0.1, -0.05) is 30.4 Å². The molecule has 0 spiro atoms. The number of aromatic nitrogens is 1. The number of anilines is 1. The minimum Gasteiger partial charge on any atom is -0.358 e. The molecule has 1 aliphatic carbocycles. The first-order valence-electron chi connectivity index (χ1n) is 6.81. The number of nitriles is 2. The zero-order valence-electron chi connectivity index (χ0n) is 11.9. The molecule has 0 bridgehead atoms. The van der Waals surface area contributed by atoms with Gasteiger partial charge in [-0.25, -0.2) is 8.42 Å². The number of para-hydroxylation sites is 1. The van der Waals surface area contributed by atoms with Crippen molar-refractivity contribution >= 4 is 26.6 Å². The first-order valence-corrected chi connectivity index (χ1v) is 8.29. The number of H-pyrrole nitrogens is 1. The third kappa shape index (κ3) is 2.28. The Balaban J connectivity index is 2.07. The molecule has 0 saturated heterocycles. The van der Waals surface area contributed by atoms with E-state index in [1.807, 2.05) is 12.1 Å². The molecule has 0 saturated carbocycles. The van der Waals surface area contributed by atoms with Crippen molar-refractivity contribution in [1.82, 2.24) is 4.98 Å². The molecule has 0 radical (unpaired) electrons. The Morgan fingerprint density at radius 1 is 1.26 bits per heavy atom. The topological polar surface area (TPSA) is 110 Å². The van der Waals surface area contributed by atoms with Crippen LogP contribution in [0.25, 0.3) is 10.9 Å². The molecule has 2 N–H and O–H groups in total. The van der Waals surface area contributed by atoms with Crippen molar-refractivity contribution in [3.05, 3.63) is 54.3 Å². The number of sulfonamides is 1. The summed E-state index contributed by atoms with van der Waals surface area (Å²) in [6.07, 6.45) is 7.88. The van der Waals surface area contributed by atoms with E-state index < -0.39 is 14.8 Å². The summed E-state index contributed by atoms with van der Waals surface area (Å²) >= 11 is 0. The maximum atomic E-state index is 12.7. The molecule has 0 amide bonds. The molecular formula is C16H12N4O2S. The van der Waals surface area contributed by atoms with Crippen molar-refractivity contribution < 1.29 is 8.42 Å². The molecule has 23 heavy (non-hydrogen) atoms. The van der Waals surface area contributed by atoms with Crippen LogP contribution in [0.2, 0.25) is 0 Å². The maximum absolute atomic E-state index is 12.7. The SMILES string of the molecule is N#Cc1c[nH]c2c(NS(=O)(=O)C3(C#N)C=CC=CC3)cccc12. The number of hydrogen-bond donors (Lipinski definition) is 2. The molecule has 1 heterocycles. The van der Waals surface area contributed by atoms with Gasteiger partial charge in [0.05, 0.1) is 22.8 Å². The van der Waals surface area contributed by atoms with E-state index in [2.05, 4.69) is 9.71 Å². The molecular weight excluding hydrogens is 312 g/mol. The Kier molecular flexibility index (Phi) is 3.44. The van der Waals surface area contributed by atoms with E-state index in [-0.39, 0.29) is 6.42 Å². The Hall–Kier alpha value is -3.03. The summed E-state index contributed by atoms with van der Waals surface area (Å²) in [5.74, 6) is 0. The number of hydrogen-bond acceptors (Lipinski definition) is 4. The fourth-order valence-corrected chi connectivity index (χ4v) is 3.85. The third-order valence-corrected chi connectivity index (χ3v) is 5.62. The molecule has 1 aromatic carbocycles. The summed E-state index contributed by atoms with van der Waals surface area (Å²) < 4.78 is 26.3. The van der Waals surface area contributed by atoms with E-state index in [9.17, 15) is 13.7 Å². The van der Waals surface area contributed by atoms with Gasteiger partial charge in [0.2, 0.25) is 0 Å². The zero-order valence-corrected chi connectivity index (χ0v) is 12.8. The van der Waals surface area contributed by atoms with Crippen LogP contribution in [-0.4, -0.2) is 18.1 Å². The van der Waals surface area contributed by atoms with E-state index in [1.54, 1.807) is 36.4 Å². The number of nitrogens with one attached hydrogen (secondary N) is 2. The highest BCUT2D eigenvalue weighted by atomic mass is 32.2. The van der Waals surface area contributed by atoms with Crippen LogP contribution in [0, 0.1) is 22.7 Å². The molecule has 114 valence electrons. The van der Waals surface area contributed by atoms with Crippen molar-refractivity contribution in [1.29, 1.82) is 10.5 Å². The predicted molar refractivity (Wildman–Crippen MR) is 86.8 cm³/mol. The van der Waals surface area contributed by atoms with Gasteiger partial charge in [-0.3, -0.25) is 4.72 Å². The van der Waals surface area contributed by atoms with Crippen molar-refractivity contribution in [2.45, 2.75) is 11.2 Å². The van der Waals surface area contributed by atoms with Crippen molar-refractivity contribution in [3.8, 4) is 12.1 Å². The van der Waals surface area contributed by atoms with Crippen LogP contribution in [-0.2, 0) is 10.0 Å². The molecule has 0 fully saturated rings. The Morgan fingerprint density at radius 2 is 2.09 bits per heavy atom. The van der Waals surface area contributed by atoms with E-state index in [1.165, 1.54) is 12.3 Å². The van der Waals surface area contributed by atoms with Gasteiger partial charge in [0, 0.05) is 18.0 Å². The lowest BCUT2D eigenvalue weighted by atomic mass is 10.0. The van der Waals surface area contributed by atoms with Crippen LogP contribution in [0.1, 0.15) is 12.0 Å². The van der Waals surface area contributed by atoms with Crippen LogP contribution < -0.4 is 4.72 Å². The molecule has 1 aliphatic rings. The van der Waals surface area contributed by atoms with Crippen molar-refractivity contribution in [3.63, 3.8) is 0 Å². The van der Waals surface area contributed by atoms with Crippen LogP contribution >= 0.6 is 0 Å². The maximum Gasteiger partial charge on any atom is 0.256 e. The average molecular weight is 324 g/mol. The molecule has 0 aliphatic heterocycles. The fourth-order valence-electron chi connectivity index (χ4n) is 2.51. The number of aromatic amines is 1. The van der Waals surface area contributed by atoms with Gasteiger partial charge < -0.3 is 4.98 Å². The Bertz CT molecular complexity index is 1020. The van der Waals surface area contributed by atoms with Gasteiger partial charge in [0.25, 0.3) is 10.0 Å². The number of benzene rings is 1. The second-order valence-electron chi connectivity index (χ2n) is 5.14. The lowest BCUT2D eigenvalue weighted by molar-refractivity contribution is 0.581. The minimum absolute atomic E-state index is 0.0828. The molecule has 1 atom stereocenters. The van der Waals surface area contributed by atoms with Gasteiger partial charge in [0.1, 0.15) is 6.07 Å². The largest absolute Gasteiger partial charge is 0.358 e. The van der Waals surface area contributed by atoms with Gasteiger partial charge in [-0.15, -0.1) is 0 Å². The van der Waals surface area contributed by atoms with Gasteiger partial charge in [-0.2, -0.15) is 10.5 Å². The molecule has 2 aromatic rings. The average Bonchev–Trinajstić information content (AvgIpc) is 2.99. The molecule has 1 aromatic heterocycles. The summed E-state index contributed by atoms with van der Waals surface area (Å²) in [5, 5.41) is 19.1. The smallest absolute Gasteiger partial charge is 0.256 e. The van der Waals surface area contributed by atoms with Gasteiger partial charge in [0.15, 0.2) is 4.75 Å². The number of rotatable bonds is 3. The van der Waals surface area contributed by atoms with Crippen LogP contribution in [0.4, 0.5) is 5.69 Å². The van der Waals surface area contributed by atoms with Crippen molar-refractivity contribution in [2.75, 3.05) is 4.72 Å². The highest BCUT2D eigenvalue weighted by Crippen LogP contribution is 2.31. The van der Waals surface area contributed by atoms with E-state index in [0.717, 1.165) is 0 Å². The fraction of sp³-hybridized carbons (Fsp3) is 0.125. The first kappa shape index (κ1) is 14.9. The van der Waals surface area contributed by atoms with Gasteiger partial charge in [-0.05, 0) is 12.1 Å². The monoisotopic (exact) mass is 324 g/mol. The third-order valence-electron chi connectivity index (χ3n) is 3.78. The number of nitrogens with zero attached hydrogens (tertiary/aromatic N) is 2. The number of fused-ring (bicyclic) bond motifs is 1. The predicted octanol–water partition coefficient (Wildman–Crippen LogP) is 2.56. The van der Waals surface area contributed by atoms with Crippen molar-refractivity contribution in [2.24, 2.45) is 0 Å². The van der Waals surface area contributed by atoms with Gasteiger partial charge >= 0.3 is 0 Å². The van der Waals surface area contributed by atoms with E-state index >= 15 is 0 Å². The molecule has 3 rings (SSSR count). The molecule has 1 unspecified atom stereocenters. The summed E-state index contributed by atoms with van der Waals surface area (Å²) in [6.45, 7) is 0. The summed E-state index contributed by atoms with van der Waals surface area (Å²) in [6, 6.07) is 8.91. The van der Waals surface area contributed by atoms with Crippen LogP contribution in [0.15, 0.2) is 48.7 Å². The Labute approximate surface area is 133 Å². The molecule has 7 heteroatoms. The normalized spacial score (nSPS) is 20.1. The second-order valence-corrected chi connectivity index (χ2v) is 7.08. The van der Waals surface area contributed by atoms with Crippen LogP contribution in [0.5, 0.6) is 0 Å². The minimum atomic E-state index is -3.99. The standard InChI is InChI=1S/C16H12N4O2S/c17-9-12-10-19-15-13(12)5-4-6-14(15)20-23(21,22)16(11-18)7-2-1-3-8-16/h1-7,10,19-20H,8H2. The van der Waals surface area contributed by atoms with Crippen LogP contribution in [0.3, 0.4) is 0 Å². The highest BCUT2D eigenvalue weighted by Gasteiger charge is 2.42. The Morgan fingerprint density at radius 3 is 2.74 bits per heavy atom. The van der Waals surface area contributed by atoms with E-state index in [4.69, 9.17) is 5.26 Å². The summed E-state index contributed by atoms with van der Waals surface area (Å²) in [4.78, 5) is 2.90. The zero-order chi connectivity index (χ0) is 16.5. The lowest BCUT2D eigenvalue weighted by Gasteiger charge is -2.24. The lowest BCUT2D eigenvalue weighted by Crippen LogP contribution is -2.40. The second kappa shape index (κ2) is 5.31. The summed E-state index contributed by atoms with van der Waals surface area (Å²) in [5.41, 5.74) is 1.24. The number of allylic oxidation sites excluding steroid dienone is 3. The summed E-state index contributed by atoms with van der Waals surface area (Å²) in [7, 11) is -3.99. The highest BCUT2D eigenvalue weighted by molar-refractivity contribution is 7.94. The quantitative estimate of drug-likeness (QED) is 0.904. The molecule has 6 nitrogen and oxygen atoms in total. The van der Waals surface area contributed by atoms with E-state index in [0.29, 0.717) is 22.2 Å². The first-order chi connectivity index (χ1) is 11.0.